The molecule has 4 N–H and O–H groups in total. The van der Waals surface area contributed by atoms with Crippen molar-refractivity contribution in [3.8, 4) is 23.0 Å². The van der Waals surface area contributed by atoms with Gasteiger partial charge in [-0.2, -0.15) is 0 Å². The van der Waals surface area contributed by atoms with Crippen LogP contribution in [0.2, 0.25) is 0 Å². The number of rotatable bonds is 16. The summed E-state index contributed by atoms with van der Waals surface area (Å²) in [5.41, 5.74) is -3.26. The second kappa shape index (κ2) is 24.2. The third-order valence-corrected chi connectivity index (χ3v) is 11.3. The number of aliphatic hydroxyl groups excluding tert-OH is 3. The van der Waals surface area contributed by atoms with Gasteiger partial charge in [0.25, 0.3) is 0 Å². The summed E-state index contributed by atoms with van der Waals surface area (Å²) in [7, 11) is 5.82. The first-order valence-electron chi connectivity index (χ1n) is 22.3. The minimum atomic E-state index is -2.07. The van der Waals surface area contributed by atoms with Gasteiger partial charge in [0.2, 0.25) is 0 Å². The minimum Gasteiger partial charge on any atom is -0.497 e. The summed E-state index contributed by atoms with van der Waals surface area (Å²) in [4.78, 5) is 25.1. The second-order valence-electron chi connectivity index (χ2n) is 17.9. The van der Waals surface area contributed by atoms with Crippen LogP contribution >= 0.6 is 0 Å². The average molecular weight is 979 g/mol. The van der Waals surface area contributed by atoms with E-state index < -0.39 is 83.7 Å². The highest BCUT2D eigenvalue weighted by molar-refractivity contribution is 5.97. The molecule has 5 rings (SSSR count). The quantitative estimate of drug-likeness (QED) is 0.0747. The van der Waals surface area contributed by atoms with E-state index in [-0.39, 0.29) is 42.6 Å². The van der Waals surface area contributed by atoms with E-state index in [9.17, 15) is 34.4 Å². The van der Waals surface area contributed by atoms with Crippen molar-refractivity contribution in [1.29, 1.82) is 0 Å². The van der Waals surface area contributed by atoms with Gasteiger partial charge in [0.15, 0.2) is 36.5 Å². The molecule has 2 fully saturated rings. The highest BCUT2D eigenvalue weighted by Crippen LogP contribution is 2.37. The SMILES string of the molecule is COCOc1cc(OC)cc(/C=C/C[C@@H]2OC(C)(C)OC2C(O)/C=C\C(C)(F)C(C)O)c1C(=O)O.COCOc1cc(OC)cc2c1C(=O)OC(C)C(C)(F)/C=C\C(O)C1OC(C)(C)O[C@H]1C/C=C/2. The lowest BCUT2D eigenvalue weighted by Crippen LogP contribution is -2.37. The molecule has 10 atom stereocenters. The van der Waals surface area contributed by atoms with Gasteiger partial charge in [-0.3, -0.25) is 0 Å². The Labute approximate surface area is 402 Å². The van der Waals surface area contributed by atoms with Crippen molar-refractivity contribution < 1.29 is 90.9 Å². The van der Waals surface area contributed by atoms with Gasteiger partial charge in [-0.25, -0.2) is 18.4 Å². The van der Waals surface area contributed by atoms with Crippen LogP contribution in [0.4, 0.5) is 8.78 Å². The van der Waals surface area contributed by atoms with Crippen LogP contribution in [0.15, 0.2) is 60.7 Å². The molecule has 17 nitrogen and oxygen atoms in total. The van der Waals surface area contributed by atoms with Gasteiger partial charge >= 0.3 is 11.9 Å². The maximum atomic E-state index is 15.4. The van der Waals surface area contributed by atoms with Crippen molar-refractivity contribution in [1.82, 2.24) is 0 Å². The summed E-state index contributed by atoms with van der Waals surface area (Å²) in [5, 5.41) is 40.6. The smallest absolute Gasteiger partial charge is 0.342 e. The zero-order valence-electron chi connectivity index (χ0n) is 41.2. The largest absolute Gasteiger partial charge is 0.497 e. The lowest BCUT2D eigenvalue weighted by Gasteiger charge is -2.26. The van der Waals surface area contributed by atoms with Crippen molar-refractivity contribution in [3.63, 3.8) is 0 Å². The maximum absolute atomic E-state index is 15.4. The Morgan fingerprint density at radius 1 is 0.928 bits per heavy atom. The summed E-state index contributed by atoms with van der Waals surface area (Å²) in [6, 6.07) is 6.21. The average Bonchev–Trinajstić information content (AvgIpc) is 3.77. The van der Waals surface area contributed by atoms with Crippen molar-refractivity contribution in [2.24, 2.45) is 0 Å². The summed E-state index contributed by atoms with van der Waals surface area (Å²) in [6.45, 7) is 11.9. The number of fused-ring (bicyclic) bond motifs is 2. The fourth-order valence-corrected chi connectivity index (χ4v) is 7.37. The normalized spacial score (nSPS) is 28.2. The molecule has 0 aliphatic carbocycles. The van der Waals surface area contributed by atoms with Gasteiger partial charge in [0.1, 0.15) is 64.6 Å². The van der Waals surface area contributed by atoms with Crippen LogP contribution in [0.3, 0.4) is 0 Å². The van der Waals surface area contributed by atoms with Gasteiger partial charge in [-0.05, 0) is 104 Å². The number of esters is 1. The molecule has 2 aromatic rings. The Kier molecular flexibility index (Phi) is 19.9. The summed E-state index contributed by atoms with van der Waals surface area (Å²) in [6.07, 6.45) is 4.85. The first-order chi connectivity index (χ1) is 32.3. The van der Waals surface area contributed by atoms with Crippen LogP contribution < -0.4 is 18.9 Å². The lowest BCUT2D eigenvalue weighted by atomic mass is 9.97. The molecule has 0 spiro atoms. The van der Waals surface area contributed by atoms with E-state index in [0.29, 0.717) is 29.0 Å². The molecule has 0 aromatic heterocycles. The van der Waals surface area contributed by atoms with Crippen molar-refractivity contribution in [2.45, 2.75) is 140 Å². The van der Waals surface area contributed by atoms with Crippen molar-refractivity contribution in [2.75, 3.05) is 42.0 Å². The van der Waals surface area contributed by atoms with Crippen LogP contribution in [0.25, 0.3) is 12.2 Å². The molecule has 0 radical (unpaired) electrons. The predicted octanol–water partition coefficient (Wildman–Crippen LogP) is 7.13. The molecule has 8 unspecified atom stereocenters. The molecule has 3 aliphatic rings. The lowest BCUT2D eigenvalue weighted by molar-refractivity contribution is -0.152. The second-order valence-corrected chi connectivity index (χ2v) is 17.9. The molecular weight excluding hydrogens is 911 g/mol. The maximum Gasteiger partial charge on any atom is 0.342 e. The van der Waals surface area contributed by atoms with Gasteiger partial charge in [-0.15, -0.1) is 0 Å². The van der Waals surface area contributed by atoms with E-state index in [4.69, 9.17) is 52.1 Å². The minimum absolute atomic E-state index is 0.0668. The molecule has 19 heteroatoms. The number of aromatic carboxylic acids is 1. The molecular formula is C50H68F2O17. The number of carbonyl (C=O) groups excluding carboxylic acids is 1. The molecule has 384 valence electrons. The van der Waals surface area contributed by atoms with E-state index >= 15 is 4.39 Å². The Morgan fingerprint density at radius 2 is 1.54 bits per heavy atom. The highest BCUT2D eigenvalue weighted by Gasteiger charge is 2.45. The van der Waals surface area contributed by atoms with Crippen LogP contribution in [-0.4, -0.2) is 146 Å². The molecule has 2 saturated heterocycles. The number of benzene rings is 2. The standard InChI is InChI=1S/C25H35FO9.C25H33FO8/c1-15(27)25(4,26)11-10-18(28)22-19(34-24(2,3)35-22)9-7-8-16-12-17(32-6)13-20(33-14-31-5)21(16)23(29)30;1-15-25(4,26)11-10-18(27)22-19(33-24(2,3)34-22)9-7-8-16-12-17(30-6)13-20(31-14-29-5)21(16)23(28)32-15/h7-8,10-13,15,18-19,22,27-28H,9,14H2,1-6H3,(H,29,30);7-8,10-13,15,18-19,22,27H,9,14H2,1-6H3/b2*8-7+,11-10-/t2*15?,18?,19-,22?,25?/m00/s1. The number of aliphatic hydroxyl groups is 3. The predicted molar refractivity (Wildman–Crippen MR) is 249 cm³/mol. The number of halogens is 2. The number of carbonyl (C=O) groups is 2. The number of carboxylic acid groups (broad SMARTS) is 1. The third kappa shape index (κ3) is 15.5. The summed E-state index contributed by atoms with van der Waals surface area (Å²) >= 11 is 0. The van der Waals surface area contributed by atoms with Crippen LogP contribution in [0.1, 0.15) is 100 Å². The first kappa shape index (κ1) is 56.6. The van der Waals surface area contributed by atoms with Crippen LogP contribution in [0, 0.1) is 0 Å². The molecule has 3 heterocycles. The van der Waals surface area contributed by atoms with Crippen LogP contribution in [-0.2, 0) is 33.2 Å². The third-order valence-electron chi connectivity index (χ3n) is 11.3. The zero-order chi connectivity index (χ0) is 51.5. The topological polar surface area (TPSA) is 217 Å². The number of hydrogen-bond acceptors (Lipinski definition) is 16. The number of alkyl halides is 2. The van der Waals surface area contributed by atoms with Crippen molar-refractivity contribution in [3.05, 3.63) is 83.0 Å². The van der Waals surface area contributed by atoms with E-state index in [0.717, 1.165) is 6.08 Å². The molecule has 2 aromatic carbocycles. The number of carboxylic acids is 1. The van der Waals surface area contributed by atoms with E-state index in [1.165, 1.54) is 86.5 Å². The Hall–Kier alpha value is -4.96. The van der Waals surface area contributed by atoms with Gasteiger partial charge in [0, 0.05) is 26.4 Å². The Balaban J connectivity index is 0.000000301. The zero-order valence-corrected chi connectivity index (χ0v) is 41.2. The molecule has 0 saturated carbocycles. The summed E-state index contributed by atoms with van der Waals surface area (Å²) < 4.78 is 90.4. The number of methoxy groups -OCH3 is 4. The van der Waals surface area contributed by atoms with Gasteiger partial charge in [-0.1, -0.05) is 36.5 Å². The number of ether oxygens (including phenoxy) is 11. The molecule has 69 heavy (non-hydrogen) atoms. The van der Waals surface area contributed by atoms with Gasteiger partial charge < -0.3 is 72.5 Å². The number of hydrogen-bond donors (Lipinski definition) is 4. The first-order valence-corrected chi connectivity index (χ1v) is 22.3. The summed E-state index contributed by atoms with van der Waals surface area (Å²) in [5.74, 6) is -2.76. The molecule has 0 amide bonds. The highest BCUT2D eigenvalue weighted by atomic mass is 19.1. The fourth-order valence-electron chi connectivity index (χ4n) is 7.37. The fraction of sp³-hybridized carbons (Fsp3) is 0.560. The number of cyclic esters (lactones) is 1. The van der Waals surface area contributed by atoms with Crippen molar-refractivity contribution >= 4 is 24.1 Å². The van der Waals surface area contributed by atoms with E-state index in [1.807, 2.05) is 0 Å². The molecule has 3 aliphatic heterocycles. The Morgan fingerprint density at radius 3 is 2.14 bits per heavy atom. The van der Waals surface area contributed by atoms with E-state index in [2.05, 4.69) is 0 Å². The monoisotopic (exact) mass is 978 g/mol. The molecule has 0 bridgehead atoms. The van der Waals surface area contributed by atoms with Gasteiger partial charge in [0.05, 0.1) is 32.5 Å². The van der Waals surface area contributed by atoms with E-state index in [1.54, 1.807) is 64.1 Å². The van der Waals surface area contributed by atoms with Crippen LogP contribution in [0.5, 0.6) is 23.0 Å². The Bertz CT molecular complexity index is 2160.